The number of nitro groups is 1. The maximum absolute atomic E-state index is 12.7. The Morgan fingerprint density at radius 1 is 1.20 bits per heavy atom. The van der Waals surface area contributed by atoms with Crippen molar-refractivity contribution in [2.24, 2.45) is 0 Å². The fraction of sp³-hybridized carbons (Fsp3) is 0.158. The van der Waals surface area contributed by atoms with E-state index < -0.39 is 16.1 Å². The Hall–Kier alpha value is -2.04. The SMILES string of the molecule is O=C1S/C(=C\c2ccc(SCCO)c([N+](=O)[O-])c2)C(=O)N1Cc1ccc(Cl)cc1Cl. The molecule has 0 spiro atoms. The maximum Gasteiger partial charge on any atom is 0.293 e. The first-order chi connectivity index (χ1) is 14.3. The topological polar surface area (TPSA) is 101 Å². The number of carbonyl (C=O) groups excluding carboxylic acids is 2. The van der Waals surface area contributed by atoms with Crippen LogP contribution in [0.4, 0.5) is 10.5 Å². The molecular formula is C19H14Cl2N2O5S2. The monoisotopic (exact) mass is 484 g/mol. The second-order valence-electron chi connectivity index (χ2n) is 6.06. The van der Waals surface area contributed by atoms with Gasteiger partial charge >= 0.3 is 0 Å². The van der Waals surface area contributed by atoms with Gasteiger partial charge in [0.1, 0.15) is 0 Å². The van der Waals surface area contributed by atoms with Crippen LogP contribution in [-0.4, -0.2) is 38.4 Å². The Balaban J connectivity index is 1.84. The van der Waals surface area contributed by atoms with Gasteiger partial charge in [0.2, 0.25) is 0 Å². The summed E-state index contributed by atoms with van der Waals surface area (Å²) in [6.45, 7) is -0.108. The summed E-state index contributed by atoms with van der Waals surface area (Å²) in [5, 5.41) is 20.6. The zero-order valence-electron chi connectivity index (χ0n) is 15.2. The van der Waals surface area contributed by atoms with Crippen molar-refractivity contribution in [1.29, 1.82) is 0 Å². The molecule has 0 radical (unpaired) electrons. The van der Waals surface area contributed by atoms with Crippen molar-refractivity contribution < 1.29 is 19.6 Å². The van der Waals surface area contributed by atoms with E-state index in [4.69, 9.17) is 28.3 Å². The summed E-state index contributed by atoms with van der Waals surface area (Å²) in [6, 6.07) is 9.31. The Bertz CT molecular complexity index is 1060. The average molecular weight is 485 g/mol. The highest BCUT2D eigenvalue weighted by molar-refractivity contribution is 8.18. The van der Waals surface area contributed by atoms with Crippen LogP contribution in [0.2, 0.25) is 10.0 Å². The predicted octanol–water partition coefficient (Wildman–Crippen LogP) is 5.22. The minimum absolute atomic E-state index is 0.00507. The van der Waals surface area contributed by atoms with E-state index in [9.17, 15) is 19.7 Å². The number of halogens is 2. The molecule has 1 aliphatic heterocycles. The van der Waals surface area contributed by atoms with E-state index in [-0.39, 0.29) is 23.7 Å². The first kappa shape index (κ1) is 22.6. The predicted molar refractivity (Wildman–Crippen MR) is 119 cm³/mol. The standard InChI is InChI=1S/C19H14Cl2N2O5S2/c20-13-3-2-12(14(21)9-13)10-22-18(25)17(30-19(22)26)8-11-1-4-16(29-6-5-24)15(7-11)23(27)28/h1-4,7-9,24H,5-6,10H2/b17-8-. The summed E-state index contributed by atoms with van der Waals surface area (Å²) in [6.07, 6.45) is 1.45. The number of aliphatic hydroxyl groups is 1. The highest BCUT2D eigenvalue weighted by Crippen LogP contribution is 2.36. The van der Waals surface area contributed by atoms with Crippen molar-refractivity contribution in [3.63, 3.8) is 0 Å². The molecule has 1 fully saturated rings. The first-order valence-corrected chi connectivity index (χ1v) is 11.1. The second kappa shape index (κ2) is 9.84. The van der Waals surface area contributed by atoms with E-state index in [1.54, 1.807) is 24.3 Å². The molecule has 2 aromatic carbocycles. The van der Waals surface area contributed by atoms with E-state index in [1.807, 2.05) is 0 Å². The lowest BCUT2D eigenvalue weighted by molar-refractivity contribution is -0.387. The van der Waals surface area contributed by atoms with Crippen LogP contribution in [0.5, 0.6) is 0 Å². The molecule has 0 unspecified atom stereocenters. The quantitative estimate of drug-likeness (QED) is 0.248. The van der Waals surface area contributed by atoms with Crippen LogP contribution in [0.25, 0.3) is 6.08 Å². The fourth-order valence-corrected chi connectivity index (χ4v) is 4.72. The molecule has 0 aliphatic carbocycles. The summed E-state index contributed by atoms with van der Waals surface area (Å²) >= 11 is 13.9. The molecule has 1 N–H and O–H groups in total. The molecule has 0 aromatic heterocycles. The normalized spacial score (nSPS) is 15.3. The number of amides is 2. The van der Waals surface area contributed by atoms with Crippen molar-refractivity contribution in [1.82, 2.24) is 4.90 Å². The number of nitrogens with zero attached hydrogens (tertiary/aromatic N) is 2. The molecule has 2 aromatic rings. The van der Waals surface area contributed by atoms with Crippen molar-refractivity contribution in [2.45, 2.75) is 11.4 Å². The summed E-state index contributed by atoms with van der Waals surface area (Å²) < 4.78 is 0. The van der Waals surface area contributed by atoms with E-state index in [0.717, 1.165) is 28.4 Å². The largest absolute Gasteiger partial charge is 0.396 e. The number of carbonyl (C=O) groups is 2. The van der Waals surface area contributed by atoms with Crippen molar-refractivity contribution >= 4 is 69.6 Å². The lowest BCUT2D eigenvalue weighted by atomic mass is 10.1. The number of hydrogen-bond acceptors (Lipinski definition) is 7. The van der Waals surface area contributed by atoms with Crippen molar-refractivity contribution in [3.05, 3.63) is 72.6 Å². The van der Waals surface area contributed by atoms with Gasteiger partial charge in [0.25, 0.3) is 16.8 Å². The molecule has 7 nitrogen and oxygen atoms in total. The van der Waals surface area contributed by atoms with Gasteiger partial charge in [-0.1, -0.05) is 35.3 Å². The number of nitro benzene ring substituents is 1. The third-order valence-electron chi connectivity index (χ3n) is 4.04. The van der Waals surface area contributed by atoms with Crippen LogP contribution >= 0.6 is 46.7 Å². The molecule has 0 saturated carbocycles. The number of imide groups is 1. The number of hydrogen-bond donors (Lipinski definition) is 1. The molecule has 0 bridgehead atoms. The Kier molecular flexibility index (Phi) is 7.43. The summed E-state index contributed by atoms with van der Waals surface area (Å²) in [5.41, 5.74) is 0.866. The van der Waals surface area contributed by atoms with Gasteiger partial charge in [-0.15, -0.1) is 11.8 Å². The molecule has 156 valence electrons. The lowest BCUT2D eigenvalue weighted by Crippen LogP contribution is -2.27. The second-order valence-corrected chi connectivity index (χ2v) is 9.03. The number of rotatable bonds is 7. The Morgan fingerprint density at radius 3 is 2.63 bits per heavy atom. The van der Waals surface area contributed by atoms with Crippen molar-refractivity contribution in [2.75, 3.05) is 12.4 Å². The zero-order chi connectivity index (χ0) is 21.8. The van der Waals surface area contributed by atoms with E-state index in [1.165, 1.54) is 18.2 Å². The van der Waals surface area contributed by atoms with Crippen LogP contribution in [0, 0.1) is 10.1 Å². The minimum Gasteiger partial charge on any atom is -0.396 e. The molecule has 11 heteroatoms. The van der Waals surface area contributed by atoms with Gasteiger partial charge in [0.05, 0.1) is 27.9 Å². The number of thioether (sulfide) groups is 2. The molecular weight excluding hydrogens is 471 g/mol. The molecule has 3 rings (SSSR count). The molecule has 1 aliphatic rings. The molecule has 0 atom stereocenters. The number of benzene rings is 2. The minimum atomic E-state index is -0.523. The zero-order valence-corrected chi connectivity index (χ0v) is 18.4. The third-order valence-corrected chi connectivity index (χ3v) is 6.58. The smallest absolute Gasteiger partial charge is 0.293 e. The van der Waals surface area contributed by atoms with Crippen molar-refractivity contribution in [3.8, 4) is 0 Å². The first-order valence-electron chi connectivity index (χ1n) is 8.51. The van der Waals surface area contributed by atoms with Gasteiger partial charge in [-0.2, -0.15) is 0 Å². The Labute approximate surface area is 190 Å². The van der Waals surface area contributed by atoms with Gasteiger partial charge in [0, 0.05) is 21.9 Å². The van der Waals surface area contributed by atoms with Crippen LogP contribution < -0.4 is 0 Å². The van der Waals surface area contributed by atoms with E-state index in [2.05, 4.69) is 0 Å². The van der Waals surface area contributed by atoms with Gasteiger partial charge in [0.15, 0.2) is 0 Å². The Morgan fingerprint density at radius 2 is 1.97 bits per heavy atom. The van der Waals surface area contributed by atoms with Gasteiger partial charge in [-0.05, 0) is 47.2 Å². The van der Waals surface area contributed by atoms with Crippen LogP contribution in [-0.2, 0) is 11.3 Å². The van der Waals surface area contributed by atoms with E-state index in [0.29, 0.717) is 31.8 Å². The van der Waals surface area contributed by atoms with Gasteiger partial charge < -0.3 is 5.11 Å². The average Bonchev–Trinajstić information content (AvgIpc) is 2.96. The van der Waals surface area contributed by atoms with Gasteiger partial charge in [-0.3, -0.25) is 24.6 Å². The maximum atomic E-state index is 12.7. The highest BCUT2D eigenvalue weighted by Gasteiger charge is 2.35. The molecule has 2 amide bonds. The summed E-state index contributed by atoms with van der Waals surface area (Å²) in [4.78, 5) is 37.5. The fourth-order valence-electron chi connectivity index (χ4n) is 2.65. The third kappa shape index (κ3) is 5.16. The van der Waals surface area contributed by atoms with Crippen LogP contribution in [0.3, 0.4) is 0 Å². The van der Waals surface area contributed by atoms with E-state index >= 15 is 0 Å². The lowest BCUT2D eigenvalue weighted by Gasteiger charge is -2.13. The summed E-state index contributed by atoms with van der Waals surface area (Å²) in [5.74, 6) is -0.177. The van der Waals surface area contributed by atoms with Crippen LogP contribution in [0.15, 0.2) is 46.2 Å². The van der Waals surface area contributed by atoms with Crippen LogP contribution in [0.1, 0.15) is 11.1 Å². The number of aliphatic hydroxyl groups excluding tert-OH is 1. The highest BCUT2D eigenvalue weighted by atomic mass is 35.5. The van der Waals surface area contributed by atoms with Gasteiger partial charge in [-0.25, -0.2) is 0 Å². The molecule has 1 saturated heterocycles. The molecule has 30 heavy (non-hydrogen) atoms. The summed E-state index contributed by atoms with van der Waals surface area (Å²) in [7, 11) is 0. The molecule has 1 heterocycles.